The number of carbonyl (C=O) groups excluding carboxylic acids is 2. The zero-order chi connectivity index (χ0) is 18.1. The monoisotopic (exact) mass is 336 g/mol. The Morgan fingerprint density at radius 2 is 1.92 bits per heavy atom. The number of aliphatic hydroxyl groups excluding tert-OH is 1. The van der Waals surface area contributed by atoms with E-state index in [9.17, 15) is 14.7 Å². The number of aliphatic hydroxyl groups is 1. The summed E-state index contributed by atoms with van der Waals surface area (Å²) in [6.07, 6.45) is 0.715. The van der Waals surface area contributed by atoms with E-state index in [1.807, 2.05) is 20.8 Å². The molecule has 0 unspecified atom stereocenters. The van der Waals surface area contributed by atoms with E-state index < -0.39 is 12.1 Å². The molecule has 0 radical (unpaired) electrons. The summed E-state index contributed by atoms with van der Waals surface area (Å²) in [5.41, 5.74) is 0.389. The molecule has 134 valence electrons. The van der Waals surface area contributed by atoms with Crippen LogP contribution in [0.3, 0.4) is 0 Å². The first kappa shape index (κ1) is 20.0. The Labute approximate surface area is 143 Å². The van der Waals surface area contributed by atoms with Crippen molar-refractivity contribution in [2.45, 2.75) is 45.8 Å². The van der Waals surface area contributed by atoms with E-state index in [2.05, 4.69) is 10.6 Å². The highest BCUT2D eigenvalue weighted by molar-refractivity contribution is 5.99. The maximum Gasteiger partial charge on any atom is 0.255 e. The van der Waals surface area contributed by atoms with E-state index in [-0.39, 0.29) is 17.7 Å². The van der Waals surface area contributed by atoms with Gasteiger partial charge in [-0.2, -0.15) is 0 Å². The fourth-order valence-corrected chi connectivity index (χ4v) is 2.26. The fourth-order valence-electron chi connectivity index (χ4n) is 2.26. The molecule has 0 fully saturated rings. The van der Waals surface area contributed by atoms with Crippen molar-refractivity contribution < 1.29 is 19.4 Å². The lowest BCUT2D eigenvalue weighted by atomic mass is 10.0. The molecule has 1 rings (SSSR count). The van der Waals surface area contributed by atoms with Gasteiger partial charge < -0.3 is 20.5 Å². The van der Waals surface area contributed by atoms with E-state index in [1.165, 1.54) is 7.11 Å². The minimum atomic E-state index is -0.652. The molecule has 0 aliphatic rings. The topological polar surface area (TPSA) is 87.7 Å². The van der Waals surface area contributed by atoms with Crippen LogP contribution in [0.25, 0.3) is 0 Å². The molecule has 2 amide bonds. The number of methoxy groups -OCH3 is 1. The Hall–Kier alpha value is -2.08. The predicted octanol–water partition coefficient (Wildman–Crippen LogP) is 1.73. The SMILES string of the molecule is CC[C@H](O)CCNC(=O)[C@@H](NC(=O)c1ccccc1OC)C(C)C. The van der Waals surface area contributed by atoms with Crippen LogP contribution in [0.5, 0.6) is 5.75 Å². The minimum absolute atomic E-state index is 0.0697. The van der Waals surface area contributed by atoms with Crippen molar-refractivity contribution in [3.63, 3.8) is 0 Å². The molecular formula is C18H28N2O4. The van der Waals surface area contributed by atoms with E-state index in [0.717, 1.165) is 0 Å². The number of para-hydroxylation sites is 1. The molecule has 2 atom stereocenters. The molecule has 6 heteroatoms. The van der Waals surface area contributed by atoms with Gasteiger partial charge in [-0.25, -0.2) is 0 Å². The second-order valence-corrected chi connectivity index (χ2v) is 6.04. The number of carbonyl (C=O) groups is 2. The van der Waals surface area contributed by atoms with Crippen LogP contribution >= 0.6 is 0 Å². The molecule has 3 N–H and O–H groups in total. The first-order valence-electron chi connectivity index (χ1n) is 8.30. The summed E-state index contributed by atoms with van der Waals surface area (Å²) < 4.78 is 5.18. The Bertz CT molecular complexity index is 546. The molecule has 0 aliphatic carbocycles. The van der Waals surface area contributed by atoms with Gasteiger partial charge in [0.15, 0.2) is 0 Å². The minimum Gasteiger partial charge on any atom is -0.496 e. The van der Waals surface area contributed by atoms with E-state index in [0.29, 0.717) is 30.7 Å². The molecule has 0 aliphatic heterocycles. The molecular weight excluding hydrogens is 308 g/mol. The van der Waals surface area contributed by atoms with Crippen molar-refractivity contribution in [3.8, 4) is 5.75 Å². The molecule has 0 spiro atoms. The molecule has 1 aromatic carbocycles. The lowest BCUT2D eigenvalue weighted by Gasteiger charge is -2.22. The average Bonchev–Trinajstić information content (AvgIpc) is 2.58. The Morgan fingerprint density at radius 1 is 1.25 bits per heavy atom. The fraction of sp³-hybridized carbons (Fsp3) is 0.556. The largest absolute Gasteiger partial charge is 0.496 e. The van der Waals surface area contributed by atoms with Crippen LogP contribution in [0.15, 0.2) is 24.3 Å². The molecule has 0 saturated heterocycles. The van der Waals surface area contributed by atoms with Crippen molar-refractivity contribution in [2.75, 3.05) is 13.7 Å². The van der Waals surface area contributed by atoms with Gasteiger partial charge in [0.25, 0.3) is 5.91 Å². The van der Waals surface area contributed by atoms with Gasteiger partial charge in [0.05, 0.1) is 18.8 Å². The Kier molecular flexibility index (Phi) is 8.26. The lowest BCUT2D eigenvalue weighted by molar-refractivity contribution is -0.124. The number of hydrogen-bond acceptors (Lipinski definition) is 4. The van der Waals surface area contributed by atoms with Gasteiger partial charge in [-0.05, 0) is 30.9 Å². The number of nitrogens with one attached hydrogen (secondary N) is 2. The zero-order valence-electron chi connectivity index (χ0n) is 14.8. The zero-order valence-corrected chi connectivity index (χ0v) is 14.8. The summed E-state index contributed by atoms with van der Waals surface area (Å²) in [6.45, 7) is 6.00. The number of amides is 2. The van der Waals surface area contributed by atoms with E-state index in [1.54, 1.807) is 24.3 Å². The van der Waals surface area contributed by atoms with Gasteiger partial charge in [-0.1, -0.05) is 32.9 Å². The molecule has 6 nitrogen and oxygen atoms in total. The third kappa shape index (κ3) is 5.85. The molecule has 0 heterocycles. The summed E-state index contributed by atoms with van der Waals surface area (Å²) in [6, 6.07) is 6.23. The van der Waals surface area contributed by atoms with Crippen LogP contribution in [0.4, 0.5) is 0 Å². The highest BCUT2D eigenvalue weighted by Gasteiger charge is 2.25. The van der Waals surface area contributed by atoms with Crippen LogP contribution in [0.2, 0.25) is 0 Å². The smallest absolute Gasteiger partial charge is 0.255 e. The number of ether oxygens (including phenoxy) is 1. The third-order valence-corrected chi connectivity index (χ3v) is 3.84. The Balaban J connectivity index is 2.71. The van der Waals surface area contributed by atoms with Crippen LogP contribution in [0, 0.1) is 5.92 Å². The van der Waals surface area contributed by atoms with Crippen molar-refractivity contribution >= 4 is 11.8 Å². The normalized spacial score (nSPS) is 13.2. The number of hydrogen-bond donors (Lipinski definition) is 3. The second-order valence-electron chi connectivity index (χ2n) is 6.04. The van der Waals surface area contributed by atoms with Crippen LogP contribution in [0.1, 0.15) is 44.0 Å². The number of rotatable bonds is 9. The van der Waals surface area contributed by atoms with Gasteiger partial charge in [0, 0.05) is 6.54 Å². The van der Waals surface area contributed by atoms with Gasteiger partial charge in [-0.15, -0.1) is 0 Å². The molecule has 24 heavy (non-hydrogen) atoms. The van der Waals surface area contributed by atoms with Crippen molar-refractivity contribution in [2.24, 2.45) is 5.92 Å². The van der Waals surface area contributed by atoms with Crippen LogP contribution in [-0.2, 0) is 4.79 Å². The van der Waals surface area contributed by atoms with Crippen LogP contribution < -0.4 is 15.4 Å². The highest BCUT2D eigenvalue weighted by atomic mass is 16.5. The maximum absolute atomic E-state index is 12.5. The lowest BCUT2D eigenvalue weighted by Crippen LogP contribution is -2.50. The molecule has 0 saturated carbocycles. The van der Waals surface area contributed by atoms with Gasteiger partial charge in [-0.3, -0.25) is 9.59 Å². The summed E-state index contributed by atoms with van der Waals surface area (Å²) in [4.78, 5) is 24.8. The maximum atomic E-state index is 12.5. The standard InChI is InChI=1S/C18H28N2O4/c1-5-13(21)10-11-19-18(23)16(12(2)3)20-17(22)14-8-6-7-9-15(14)24-4/h6-9,12-13,16,21H,5,10-11H2,1-4H3,(H,19,23)(H,20,22)/t13-,16-/m0/s1. The summed E-state index contributed by atoms with van der Waals surface area (Å²) >= 11 is 0. The van der Waals surface area contributed by atoms with Crippen molar-refractivity contribution in [1.29, 1.82) is 0 Å². The molecule has 0 bridgehead atoms. The summed E-state index contributed by atoms with van der Waals surface area (Å²) in [5.74, 6) is -0.213. The van der Waals surface area contributed by atoms with Gasteiger partial charge in [0.1, 0.15) is 11.8 Å². The van der Waals surface area contributed by atoms with Crippen molar-refractivity contribution in [3.05, 3.63) is 29.8 Å². The molecule has 1 aromatic rings. The third-order valence-electron chi connectivity index (χ3n) is 3.84. The summed E-state index contributed by atoms with van der Waals surface area (Å²) in [5, 5.41) is 15.1. The molecule has 0 aromatic heterocycles. The van der Waals surface area contributed by atoms with Crippen molar-refractivity contribution in [1.82, 2.24) is 10.6 Å². The second kappa shape index (κ2) is 9.93. The highest BCUT2D eigenvalue weighted by Crippen LogP contribution is 2.17. The predicted molar refractivity (Wildman–Crippen MR) is 93.0 cm³/mol. The van der Waals surface area contributed by atoms with Crippen LogP contribution in [-0.4, -0.2) is 42.7 Å². The van der Waals surface area contributed by atoms with E-state index >= 15 is 0 Å². The first-order chi connectivity index (χ1) is 11.4. The number of benzene rings is 1. The first-order valence-corrected chi connectivity index (χ1v) is 8.30. The summed E-state index contributed by atoms with van der Waals surface area (Å²) in [7, 11) is 1.50. The Morgan fingerprint density at radius 3 is 2.50 bits per heavy atom. The quantitative estimate of drug-likeness (QED) is 0.641. The van der Waals surface area contributed by atoms with Gasteiger partial charge >= 0.3 is 0 Å². The average molecular weight is 336 g/mol. The van der Waals surface area contributed by atoms with Gasteiger partial charge in [0.2, 0.25) is 5.91 Å². The van der Waals surface area contributed by atoms with E-state index in [4.69, 9.17) is 4.74 Å².